The Bertz CT molecular complexity index is 883. The van der Waals surface area contributed by atoms with Gasteiger partial charge in [0, 0.05) is 17.0 Å². The second-order valence-corrected chi connectivity index (χ2v) is 7.95. The Balaban J connectivity index is 1.44. The summed E-state index contributed by atoms with van der Waals surface area (Å²) in [5.74, 6) is -4.90. The van der Waals surface area contributed by atoms with Crippen LogP contribution in [0.2, 0.25) is 0 Å². The Morgan fingerprint density at radius 3 is 2.12 bits per heavy atom. The summed E-state index contributed by atoms with van der Waals surface area (Å²) >= 11 is 0. The average molecular weight is 364 g/mol. The predicted molar refractivity (Wildman–Crippen MR) is 85.0 cm³/mol. The fourth-order valence-electron chi connectivity index (χ4n) is 5.07. The summed E-state index contributed by atoms with van der Waals surface area (Å²) in [6.07, 6.45) is 0.892. The van der Waals surface area contributed by atoms with Gasteiger partial charge < -0.3 is 9.84 Å². The van der Waals surface area contributed by atoms with E-state index in [1.54, 1.807) is 24.3 Å². The second-order valence-electron chi connectivity index (χ2n) is 7.95. The van der Waals surface area contributed by atoms with Gasteiger partial charge in [0.1, 0.15) is 17.4 Å². The molecule has 0 spiro atoms. The molecule has 0 aromatic heterocycles. The van der Waals surface area contributed by atoms with Crippen molar-refractivity contribution in [2.45, 2.75) is 36.2 Å². The van der Waals surface area contributed by atoms with E-state index in [0.717, 1.165) is 17.7 Å². The zero-order valence-electron chi connectivity index (χ0n) is 13.7. The van der Waals surface area contributed by atoms with Gasteiger partial charge >= 0.3 is 0 Å². The summed E-state index contributed by atoms with van der Waals surface area (Å²) in [7, 11) is 0. The molecule has 2 bridgehead atoms. The minimum Gasteiger partial charge on any atom is -0.508 e. The molecule has 1 saturated heterocycles. The SMILES string of the molecule is Oc1ccc(C23CC(C(F)(F)C4(c5ccc(F)cc5F)CO4)(C2)C3)cc1. The van der Waals surface area contributed by atoms with Crippen molar-refractivity contribution in [3.05, 3.63) is 65.2 Å². The minimum absolute atomic E-state index is 0.137. The van der Waals surface area contributed by atoms with E-state index in [1.807, 2.05) is 0 Å². The van der Waals surface area contributed by atoms with E-state index >= 15 is 8.78 Å². The molecular weight excluding hydrogens is 348 g/mol. The maximum Gasteiger partial charge on any atom is 0.288 e. The van der Waals surface area contributed by atoms with Crippen LogP contribution >= 0.6 is 0 Å². The van der Waals surface area contributed by atoms with Crippen LogP contribution in [0.15, 0.2) is 42.5 Å². The molecule has 1 heterocycles. The van der Waals surface area contributed by atoms with Crippen LogP contribution in [0.3, 0.4) is 0 Å². The fraction of sp³-hybridized carbons (Fsp3) is 0.400. The van der Waals surface area contributed by atoms with E-state index < -0.39 is 28.6 Å². The van der Waals surface area contributed by atoms with E-state index in [4.69, 9.17) is 4.74 Å². The summed E-state index contributed by atoms with van der Waals surface area (Å²) in [4.78, 5) is 0. The third-order valence-corrected chi connectivity index (χ3v) is 6.48. The van der Waals surface area contributed by atoms with E-state index in [0.29, 0.717) is 25.3 Å². The number of hydrogen-bond donors (Lipinski definition) is 1. The highest BCUT2D eigenvalue weighted by Gasteiger charge is 2.85. The summed E-state index contributed by atoms with van der Waals surface area (Å²) < 4.78 is 63.3. The minimum atomic E-state index is -3.24. The second kappa shape index (κ2) is 4.60. The molecule has 26 heavy (non-hydrogen) atoms. The monoisotopic (exact) mass is 364 g/mol. The highest BCUT2D eigenvalue weighted by atomic mass is 19.3. The predicted octanol–water partition coefficient (Wildman–Crippen LogP) is 4.65. The van der Waals surface area contributed by atoms with E-state index in [9.17, 15) is 13.9 Å². The van der Waals surface area contributed by atoms with Crippen molar-refractivity contribution in [2.75, 3.05) is 6.61 Å². The number of hydrogen-bond acceptors (Lipinski definition) is 2. The van der Waals surface area contributed by atoms with Gasteiger partial charge in [-0.3, -0.25) is 0 Å². The Kier molecular flexibility index (Phi) is 2.85. The quantitative estimate of drug-likeness (QED) is 0.633. The molecule has 4 fully saturated rings. The van der Waals surface area contributed by atoms with Crippen LogP contribution in [0.1, 0.15) is 30.4 Å². The first kappa shape index (κ1) is 16.1. The van der Waals surface area contributed by atoms with Crippen LogP contribution in [-0.4, -0.2) is 17.6 Å². The molecule has 0 radical (unpaired) electrons. The van der Waals surface area contributed by atoms with Gasteiger partial charge in [-0.15, -0.1) is 0 Å². The lowest BCUT2D eigenvalue weighted by atomic mass is 9.31. The molecule has 1 atom stereocenters. The van der Waals surface area contributed by atoms with Crippen molar-refractivity contribution in [2.24, 2.45) is 5.41 Å². The van der Waals surface area contributed by atoms with Crippen molar-refractivity contribution in [1.82, 2.24) is 0 Å². The lowest BCUT2D eigenvalue weighted by Crippen LogP contribution is -2.74. The Labute approximate surface area is 147 Å². The molecule has 136 valence electrons. The Hall–Kier alpha value is -2.08. The zero-order chi connectivity index (χ0) is 18.4. The van der Waals surface area contributed by atoms with Crippen molar-refractivity contribution in [1.29, 1.82) is 0 Å². The highest BCUT2D eigenvalue weighted by molar-refractivity contribution is 5.45. The molecule has 1 unspecified atom stereocenters. The van der Waals surface area contributed by atoms with Gasteiger partial charge in [-0.25, -0.2) is 17.6 Å². The van der Waals surface area contributed by atoms with Crippen molar-refractivity contribution >= 4 is 0 Å². The first-order chi connectivity index (χ1) is 12.2. The molecule has 3 saturated carbocycles. The number of phenolic OH excluding ortho intramolecular Hbond substituents is 1. The molecule has 2 aromatic carbocycles. The summed E-state index contributed by atoms with van der Waals surface area (Å²) in [6, 6.07) is 9.30. The van der Waals surface area contributed by atoms with Crippen LogP contribution in [0.25, 0.3) is 0 Å². The van der Waals surface area contributed by atoms with Gasteiger partial charge in [0.25, 0.3) is 5.92 Å². The third kappa shape index (κ3) is 1.76. The molecule has 0 amide bonds. The highest BCUT2D eigenvalue weighted by Crippen LogP contribution is 2.81. The average Bonchev–Trinajstić information content (AvgIpc) is 3.28. The topological polar surface area (TPSA) is 32.8 Å². The number of halogens is 4. The van der Waals surface area contributed by atoms with Gasteiger partial charge in [-0.05, 0) is 54.5 Å². The van der Waals surface area contributed by atoms with Gasteiger partial charge in [0.15, 0.2) is 5.60 Å². The lowest BCUT2D eigenvalue weighted by Gasteiger charge is -2.73. The number of benzene rings is 2. The van der Waals surface area contributed by atoms with Crippen molar-refractivity contribution in [3.8, 4) is 5.75 Å². The largest absolute Gasteiger partial charge is 0.508 e. The van der Waals surface area contributed by atoms with Crippen LogP contribution in [0.5, 0.6) is 5.75 Å². The molecule has 2 nitrogen and oxygen atoms in total. The molecule has 6 heteroatoms. The van der Waals surface area contributed by atoms with Crippen LogP contribution in [0.4, 0.5) is 17.6 Å². The molecule has 1 N–H and O–H groups in total. The van der Waals surface area contributed by atoms with Gasteiger partial charge in [0.05, 0.1) is 6.61 Å². The van der Waals surface area contributed by atoms with E-state index in [2.05, 4.69) is 0 Å². The smallest absolute Gasteiger partial charge is 0.288 e. The number of rotatable bonds is 4. The fourth-order valence-corrected chi connectivity index (χ4v) is 5.07. The van der Waals surface area contributed by atoms with Crippen LogP contribution < -0.4 is 0 Å². The molecule has 4 aliphatic rings. The van der Waals surface area contributed by atoms with Gasteiger partial charge in [-0.1, -0.05) is 12.1 Å². The first-order valence-corrected chi connectivity index (χ1v) is 8.51. The number of phenols is 1. The van der Waals surface area contributed by atoms with Crippen LogP contribution in [-0.2, 0) is 15.8 Å². The zero-order valence-corrected chi connectivity index (χ0v) is 13.7. The molecule has 3 aliphatic carbocycles. The molecule has 2 aromatic rings. The standard InChI is InChI=1S/C20H16F4O2/c21-13-3-6-15(16(22)7-13)19(11-26-19)20(23,24)18-8-17(9-18,10-18)12-1-4-14(25)5-2-12/h1-7,25H,8-11H2. The van der Waals surface area contributed by atoms with E-state index in [-0.39, 0.29) is 23.3 Å². The number of epoxide rings is 1. The summed E-state index contributed by atoms with van der Waals surface area (Å²) in [5, 5.41) is 9.39. The first-order valence-electron chi connectivity index (χ1n) is 8.51. The molecule has 6 rings (SSSR count). The summed E-state index contributed by atoms with van der Waals surface area (Å²) in [5.41, 5.74) is -2.85. The van der Waals surface area contributed by atoms with Crippen molar-refractivity contribution < 1.29 is 27.4 Å². The van der Waals surface area contributed by atoms with Gasteiger partial charge in [0.2, 0.25) is 0 Å². The maximum atomic E-state index is 15.4. The van der Waals surface area contributed by atoms with Crippen LogP contribution in [0, 0.1) is 17.0 Å². The lowest BCUT2D eigenvalue weighted by molar-refractivity contribution is -0.306. The number of ether oxygens (including phenoxy) is 1. The Morgan fingerprint density at radius 2 is 1.58 bits per heavy atom. The van der Waals surface area contributed by atoms with Crippen molar-refractivity contribution in [3.63, 3.8) is 0 Å². The molecule has 1 aliphatic heterocycles. The summed E-state index contributed by atoms with van der Waals surface area (Å²) in [6.45, 7) is -0.267. The number of aromatic hydroxyl groups is 1. The van der Waals surface area contributed by atoms with E-state index in [1.165, 1.54) is 0 Å². The normalized spacial score (nSPS) is 34.8. The molecular formula is C20H16F4O2. The van der Waals surface area contributed by atoms with Gasteiger partial charge in [-0.2, -0.15) is 0 Å². The third-order valence-electron chi connectivity index (χ3n) is 6.48. The Morgan fingerprint density at radius 1 is 0.962 bits per heavy atom. The maximum absolute atomic E-state index is 15.4. The number of alkyl halides is 2.